The molecule has 0 saturated carbocycles. The van der Waals surface area contributed by atoms with E-state index < -0.39 is 0 Å². The summed E-state index contributed by atoms with van der Waals surface area (Å²) in [5.74, 6) is -0.157. The molecule has 2 aromatic carbocycles. The number of carbonyl (C=O) groups is 2. The predicted molar refractivity (Wildman–Crippen MR) is 163 cm³/mol. The number of anilines is 2. The summed E-state index contributed by atoms with van der Waals surface area (Å²) in [4.78, 5) is 36.5. The average molecular weight is 586 g/mol. The molecule has 10 heteroatoms. The fraction of sp³-hybridized carbons (Fsp3) is 0.516. The minimum absolute atomic E-state index is 0. The number of nitrogens with one attached hydrogen (secondary N) is 1. The van der Waals surface area contributed by atoms with E-state index in [2.05, 4.69) is 22.0 Å². The molecule has 0 bridgehead atoms. The molecule has 0 atom stereocenters. The van der Waals surface area contributed by atoms with E-state index in [9.17, 15) is 14.0 Å². The Hall–Kier alpha value is -3.33. The Morgan fingerprint density at radius 1 is 0.878 bits per heavy atom. The van der Waals surface area contributed by atoms with E-state index >= 15 is 0 Å². The van der Waals surface area contributed by atoms with E-state index in [-0.39, 0.29) is 30.0 Å². The Bertz CT molecular complexity index is 1370. The van der Waals surface area contributed by atoms with Gasteiger partial charge in [0.2, 0.25) is 0 Å². The third-order valence-electron chi connectivity index (χ3n) is 8.06. The monoisotopic (exact) mass is 585 g/mol. The van der Waals surface area contributed by atoms with Crippen molar-refractivity contribution in [3.05, 3.63) is 52.8 Å². The van der Waals surface area contributed by atoms with Gasteiger partial charge in [-0.1, -0.05) is 57.2 Å². The van der Waals surface area contributed by atoms with E-state index in [1.165, 1.54) is 55.5 Å². The number of unbranched alkanes of at least 4 members (excludes halogenated alkanes) is 7. The van der Waals surface area contributed by atoms with Crippen LogP contribution in [0.3, 0.4) is 0 Å². The van der Waals surface area contributed by atoms with Crippen molar-refractivity contribution >= 4 is 46.6 Å². The molecule has 0 radical (unpaired) electrons. The lowest BCUT2D eigenvalue weighted by atomic mass is 9.97. The van der Waals surface area contributed by atoms with Crippen LogP contribution in [0.1, 0.15) is 91.5 Å². The smallest absolute Gasteiger partial charge is 0.259 e. The summed E-state index contributed by atoms with van der Waals surface area (Å²) in [5, 5.41) is 8.05. The maximum atomic E-state index is 14.2. The van der Waals surface area contributed by atoms with Gasteiger partial charge in [-0.05, 0) is 49.1 Å². The SMILES string of the molecule is CCCCCCCCCCOn1nc(N2CCN(c3ccc4c(c3CC)C(=O)NC4=O)CC2)c2ccc(F)cc21.Cl. The molecule has 5 rings (SSSR count). The summed E-state index contributed by atoms with van der Waals surface area (Å²) in [6.07, 6.45) is 10.4. The summed E-state index contributed by atoms with van der Waals surface area (Å²) in [6, 6.07) is 8.44. The van der Waals surface area contributed by atoms with Gasteiger partial charge in [-0.15, -0.1) is 17.5 Å². The number of hydrogen-bond acceptors (Lipinski definition) is 6. The molecule has 2 aliphatic heterocycles. The molecule has 0 spiro atoms. The number of carbonyl (C=O) groups excluding carboxylic acids is 2. The third kappa shape index (κ3) is 6.61. The molecule has 0 unspecified atom stereocenters. The molecule has 3 heterocycles. The second-order valence-corrected chi connectivity index (χ2v) is 10.8. The van der Waals surface area contributed by atoms with Crippen molar-refractivity contribution in [3.63, 3.8) is 0 Å². The van der Waals surface area contributed by atoms with E-state index in [0.717, 1.165) is 48.4 Å². The van der Waals surface area contributed by atoms with Crippen molar-refractivity contribution in [1.82, 2.24) is 15.3 Å². The van der Waals surface area contributed by atoms with Gasteiger partial charge < -0.3 is 14.6 Å². The van der Waals surface area contributed by atoms with Gasteiger partial charge >= 0.3 is 0 Å². The second kappa shape index (κ2) is 14.0. The second-order valence-electron chi connectivity index (χ2n) is 10.8. The number of halogens is 2. The lowest BCUT2D eigenvalue weighted by Crippen LogP contribution is -2.47. The molecular formula is C31H41ClFN5O3. The Labute approximate surface area is 247 Å². The molecular weight excluding hydrogens is 545 g/mol. The third-order valence-corrected chi connectivity index (χ3v) is 8.06. The maximum absolute atomic E-state index is 14.2. The highest BCUT2D eigenvalue weighted by molar-refractivity contribution is 6.22. The first-order valence-corrected chi connectivity index (χ1v) is 14.8. The van der Waals surface area contributed by atoms with Crippen molar-refractivity contribution in [1.29, 1.82) is 0 Å². The van der Waals surface area contributed by atoms with Gasteiger partial charge in [0, 0.05) is 43.3 Å². The number of nitrogens with zero attached hydrogens (tertiary/aromatic N) is 4. The van der Waals surface area contributed by atoms with Crippen LogP contribution in [0, 0.1) is 5.82 Å². The number of piperazine rings is 1. The Morgan fingerprint density at radius 3 is 2.27 bits per heavy atom. The van der Waals surface area contributed by atoms with Crippen LogP contribution in [-0.2, 0) is 6.42 Å². The Balaban J connectivity index is 0.00000387. The van der Waals surface area contributed by atoms with Crippen LogP contribution in [0.4, 0.5) is 15.9 Å². The van der Waals surface area contributed by atoms with Crippen molar-refractivity contribution in [2.75, 3.05) is 42.6 Å². The first kappa shape index (κ1) is 30.6. The first-order chi connectivity index (χ1) is 19.5. The molecule has 2 aliphatic rings. The lowest BCUT2D eigenvalue weighted by molar-refractivity contribution is 0.0878. The maximum Gasteiger partial charge on any atom is 0.259 e. The van der Waals surface area contributed by atoms with E-state index in [4.69, 9.17) is 9.94 Å². The molecule has 1 N–H and O–H groups in total. The van der Waals surface area contributed by atoms with Gasteiger partial charge in [0.25, 0.3) is 11.8 Å². The standard InChI is InChI=1S/C31H40FN5O3.ClH/c1-3-5-6-7-8-9-10-11-20-40-37-27-21-22(32)12-13-24(27)29(34-37)36-18-16-35(17-19-36)26-15-14-25-28(23(26)4-2)31(39)33-30(25)38;/h12-15,21H,3-11,16-20H2,1-2H3,(H,33,38,39);1H. The highest BCUT2D eigenvalue weighted by Crippen LogP contribution is 2.32. The minimum atomic E-state index is -0.324. The topological polar surface area (TPSA) is 79.7 Å². The minimum Gasteiger partial charge on any atom is -0.396 e. The quantitative estimate of drug-likeness (QED) is 0.198. The van der Waals surface area contributed by atoms with Crippen LogP contribution in [0.15, 0.2) is 30.3 Å². The number of aromatic nitrogens is 2. The molecule has 1 saturated heterocycles. The van der Waals surface area contributed by atoms with Crippen LogP contribution >= 0.6 is 12.4 Å². The first-order valence-electron chi connectivity index (χ1n) is 14.8. The predicted octanol–water partition coefficient (Wildman–Crippen LogP) is 5.94. The molecule has 2 amide bonds. The van der Waals surface area contributed by atoms with Gasteiger partial charge in [0.05, 0.1) is 11.1 Å². The molecule has 41 heavy (non-hydrogen) atoms. The van der Waals surface area contributed by atoms with Gasteiger partial charge in [-0.25, -0.2) is 4.39 Å². The highest BCUT2D eigenvalue weighted by atomic mass is 35.5. The Morgan fingerprint density at radius 2 is 1.56 bits per heavy atom. The molecule has 1 fully saturated rings. The number of hydrogen-bond donors (Lipinski definition) is 1. The number of imide groups is 1. The Kier molecular flexibility index (Phi) is 10.5. The molecule has 3 aromatic rings. The number of rotatable bonds is 13. The summed E-state index contributed by atoms with van der Waals surface area (Å²) in [5.41, 5.74) is 3.51. The van der Waals surface area contributed by atoms with Crippen LogP contribution < -0.4 is 20.0 Å². The van der Waals surface area contributed by atoms with Gasteiger partial charge in [-0.3, -0.25) is 14.9 Å². The number of amides is 2. The van der Waals surface area contributed by atoms with E-state index in [1.54, 1.807) is 12.1 Å². The molecule has 0 aliphatic carbocycles. The van der Waals surface area contributed by atoms with Gasteiger partial charge in [-0.2, -0.15) is 0 Å². The molecule has 222 valence electrons. The summed E-state index contributed by atoms with van der Waals surface area (Å²) < 4.78 is 14.2. The average Bonchev–Trinajstić information content (AvgIpc) is 3.47. The van der Waals surface area contributed by atoms with Gasteiger partial charge in [0.15, 0.2) is 5.82 Å². The van der Waals surface area contributed by atoms with Crippen LogP contribution in [0.2, 0.25) is 0 Å². The zero-order valence-corrected chi connectivity index (χ0v) is 24.9. The number of fused-ring (bicyclic) bond motifs is 2. The van der Waals surface area contributed by atoms with E-state index in [0.29, 0.717) is 42.8 Å². The zero-order chi connectivity index (χ0) is 28.1. The van der Waals surface area contributed by atoms with Crippen molar-refractivity contribution in [2.45, 2.75) is 71.6 Å². The molecule has 1 aromatic heterocycles. The van der Waals surface area contributed by atoms with Crippen LogP contribution in [-0.4, -0.2) is 54.5 Å². The fourth-order valence-electron chi connectivity index (χ4n) is 5.90. The largest absolute Gasteiger partial charge is 0.396 e. The zero-order valence-electron chi connectivity index (χ0n) is 24.1. The van der Waals surface area contributed by atoms with Crippen molar-refractivity contribution < 1.29 is 18.8 Å². The van der Waals surface area contributed by atoms with Crippen LogP contribution in [0.25, 0.3) is 10.9 Å². The summed E-state index contributed by atoms with van der Waals surface area (Å²) in [6.45, 7) is 7.68. The van der Waals surface area contributed by atoms with Crippen molar-refractivity contribution in [2.24, 2.45) is 0 Å². The molecule has 8 nitrogen and oxygen atoms in total. The fourth-order valence-corrected chi connectivity index (χ4v) is 5.90. The van der Waals surface area contributed by atoms with Crippen molar-refractivity contribution in [3.8, 4) is 0 Å². The van der Waals surface area contributed by atoms with E-state index in [1.807, 2.05) is 13.0 Å². The van der Waals surface area contributed by atoms with Gasteiger partial charge in [0.1, 0.15) is 17.9 Å². The summed E-state index contributed by atoms with van der Waals surface area (Å²) in [7, 11) is 0. The number of benzene rings is 2. The lowest BCUT2D eigenvalue weighted by Gasteiger charge is -2.37. The highest BCUT2D eigenvalue weighted by Gasteiger charge is 2.32. The summed E-state index contributed by atoms with van der Waals surface area (Å²) >= 11 is 0. The normalized spacial score (nSPS) is 14.8. The van der Waals surface area contributed by atoms with Crippen LogP contribution in [0.5, 0.6) is 0 Å².